The largest absolute Gasteiger partial charge is 0.386 e. The average Bonchev–Trinajstić information content (AvgIpc) is 3.40. The molecule has 3 fully saturated rings. The van der Waals surface area contributed by atoms with Crippen LogP contribution in [-0.2, 0) is 24.2 Å². The van der Waals surface area contributed by atoms with Gasteiger partial charge in [-0.1, -0.05) is 85.3 Å². The van der Waals surface area contributed by atoms with E-state index >= 15 is 4.39 Å². The number of halogens is 1. The molecule has 2 aromatic heterocycles. The normalized spacial score (nSPS) is 17.7. The number of fused-ring (bicyclic) bond motifs is 1. The Morgan fingerprint density at radius 2 is 1.53 bits per heavy atom. The van der Waals surface area contributed by atoms with Gasteiger partial charge in [-0.2, -0.15) is 5.10 Å². The number of nitrogens with zero attached hydrogens (tertiary/aromatic N) is 8. The number of aromatic nitrogens is 3. The van der Waals surface area contributed by atoms with Gasteiger partial charge in [-0.15, -0.1) is 0 Å². The minimum absolute atomic E-state index is 0.0243. The molecule has 386 valence electrons. The third kappa shape index (κ3) is 12.3. The van der Waals surface area contributed by atoms with E-state index in [1.54, 1.807) is 40.3 Å². The van der Waals surface area contributed by atoms with Gasteiger partial charge in [-0.3, -0.25) is 24.1 Å². The fourth-order valence-corrected chi connectivity index (χ4v) is 10.8. The first-order valence-electron chi connectivity index (χ1n) is 26.0. The molecule has 0 saturated carbocycles. The second-order valence-electron chi connectivity index (χ2n) is 20.8. The maximum absolute atomic E-state index is 15.2. The number of carbonyl (C=O) groups is 3. The van der Waals surface area contributed by atoms with Crippen molar-refractivity contribution in [1.29, 1.82) is 0 Å². The number of rotatable bonds is 15. The molecule has 0 spiro atoms. The zero-order valence-electron chi connectivity index (χ0n) is 43.1. The fraction of sp³-hybridized carbons (Fsp3) is 0.397. The molecule has 3 amide bonds. The molecule has 74 heavy (non-hydrogen) atoms. The van der Waals surface area contributed by atoms with Gasteiger partial charge < -0.3 is 30.7 Å². The Hall–Kier alpha value is -7.14. The van der Waals surface area contributed by atoms with E-state index in [0.29, 0.717) is 104 Å². The number of likely N-dealkylation sites (tertiary alicyclic amines) is 1. The average molecular weight is 1000 g/mol. The molecule has 4 aromatic carbocycles. The van der Waals surface area contributed by atoms with Crippen LogP contribution < -0.4 is 16.6 Å². The molecule has 6 aromatic rings. The molecule has 9 rings (SSSR count). The number of hydrogen-bond donors (Lipinski definition) is 3. The van der Waals surface area contributed by atoms with Crippen LogP contribution in [0.4, 0.5) is 10.1 Å². The number of piperidine rings is 1. The zero-order chi connectivity index (χ0) is 51.9. The van der Waals surface area contributed by atoms with Gasteiger partial charge in [0, 0.05) is 101 Å². The molecular weight excluding hydrogens is 934 g/mol. The van der Waals surface area contributed by atoms with E-state index < -0.39 is 17.3 Å². The molecule has 3 aliphatic rings. The Balaban J connectivity index is 0.753. The van der Waals surface area contributed by atoms with Gasteiger partial charge >= 0.3 is 0 Å². The van der Waals surface area contributed by atoms with Crippen molar-refractivity contribution in [2.75, 3.05) is 78.5 Å². The van der Waals surface area contributed by atoms with Crippen LogP contribution in [0.2, 0.25) is 0 Å². The van der Waals surface area contributed by atoms with Crippen molar-refractivity contribution in [1.82, 2.24) is 45.0 Å². The molecule has 15 nitrogen and oxygen atoms in total. The highest BCUT2D eigenvalue weighted by molar-refractivity contribution is 6.00. The molecule has 0 radical (unpaired) electrons. The predicted octanol–water partition coefficient (Wildman–Crippen LogP) is 6.60. The Kier molecular flexibility index (Phi) is 16.1. The van der Waals surface area contributed by atoms with E-state index in [0.717, 1.165) is 68.7 Å². The van der Waals surface area contributed by atoms with Crippen LogP contribution in [0.5, 0.6) is 0 Å². The summed E-state index contributed by atoms with van der Waals surface area (Å²) in [5.41, 5.74) is 13.3. The van der Waals surface area contributed by atoms with Crippen molar-refractivity contribution in [2.45, 2.75) is 65.5 Å². The Labute approximate surface area is 432 Å². The number of nitrogens with one attached hydrogen (secondary N) is 2. The molecule has 1 unspecified atom stereocenters. The number of nitrogens with two attached hydrogens (primary N) is 1. The summed E-state index contributed by atoms with van der Waals surface area (Å²) >= 11 is 0. The topological polar surface area (TPSA) is 176 Å². The summed E-state index contributed by atoms with van der Waals surface area (Å²) in [6.45, 7) is 15.9. The van der Waals surface area contributed by atoms with Crippen LogP contribution in [0.15, 0.2) is 113 Å². The van der Waals surface area contributed by atoms with E-state index in [1.165, 1.54) is 17.2 Å². The maximum atomic E-state index is 15.2. The molecule has 3 aliphatic heterocycles. The van der Waals surface area contributed by atoms with Gasteiger partial charge in [0.25, 0.3) is 17.4 Å². The standard InChI is InChI=1S/C58H68FN11O4/c1-5-40-11-9-13-44(29-40)45-32-51(63-52(60)36-61-34-42-12-8-10-39(2)28-42)54(62-35-45)57(74)70-19-18-43(33-58(70,3)4)37-66-20-22-67(23-21-66)38-53(71)68-24-26-69(27-25-68)56(73)48-30-41(16-17-49(48)59)31-50-46-14-6-7-15-47(46)55(72)65-64-50/h6-17,28-30,32,35,43,61H,5,18-27,31,33-34,36-38H2,1-4H3,(H2,60,63)(H,65,72). The van der Waals surface area contributed by atoms with Gasteiger partial charge in [0.15, 0.2) is 5.69 Å². The van der Waals surface area contributed by atoms with Crippen molar-refractivity contribution >= 4 is 40.0 Å². The maximum Gasteiger partial charge on any atom is 0.275 e. The number of H-pyrrole nitrogens is 1. The van der Waals surface area contributed by atoms with Crippen LogP contribution in [0.25, 0.3) is 21.9 Å². The van der Waals surface area contributed by atoms with E-state index in [2.05, 4.69) is 83.3 Å². The molecule has 3 saturated heterocycles. The van der Waals surface area contributed by atoms with Crippen LogP contribution in [0, 0.1) is 18.7 Å². The monoisotopic (exact) mass is 1000 g/mol. The number of aromatic amines is 1. The number of pyridine rings is 1. The van der Waals surface area contributed by atoms with Crippen molar-refractivity contribution in [3.8, 4) is 11.1 Å². The van der Waals surface area contributed by atoms with E-state index in [1.807, 2.05) is 41.3 Å². The third-order valence-corrected chi connectivity index (χ3v) is 14.9. The minimum atomic E-state index is -0.607. The van der Waals surface area contributed by atoms with E-state index in [4.69, 9.17) is 15.7 Å². The number of benzene rings is 4. The van der Waals surface area contributed by atoms with Crippen molar-refractivity contribution in [2.24, 2.45) is 16.6 Å². The van der Waals surface area contributed by atoms with Crippen LogP contribution in [0.3, 0.4) is 0 Å². The number of aryl methyl sites for hydroxylation is 2. The number of aliphatic imine (C=N–C) groups is 1. The highest BCUT2D eigenvalue weighted by Crippen LogP contribution is 2.36. The lowest BCUT2D eigenvalue weighted by Crippen LogP contribution is -2.56. The summed E-state index contributed by atoms with van der Waals surface area (Å²) in [4.78, 5) is 73.8. The van der Waals surface area contributed by atoms with E-state index in [-0.39, 0.29) is 22.9 Å². The molecule has 5 heterocycles. The molecular formula is C58H68FN11O4. The van der Waals surface area contributed by atoms with Gasteiger partial charge in [-0.05, 0) is 92.5 Å². The minimum Gasteiger partial charge on any atom is -0.386 e. The molecule has 1 atom stereocenters. The summed E-state index contributed by atoms with van der Waals surface area (Å²) in [5.74, 6) is -0.391. The Morgan fingerprint density at radius 3 is 2.28 bits per heavy atom. The predicted molar refractivity (Wildman–Crippen MR) is 288 cm³/mol. The summed E-state index contributed by atoms with van der Waals surface area (Å²) in [6.07, 6.45) is 4.68. The second-order valence-corrected chi connectivity index (χ2v) is 20.8. The first-order chi connectivity index (χ1) is 35.7. The quantitative estimate of drug-likeness (QED) is 0.0751. The van der Waals surface area contributed by atoms with Gasteiger partial charge in [0.05, 0.1) is 35.4 Å². The molecule has 4 N–H and O–H groups in total. The Morgan fingerprint density at radius 1 is 0.797 bits per heavy atom. The highest BCUT2D eigenvalue weighted by atomic mass is 19.1. The number of amides is 3. The fourth-order valence-electron chi connectivity index (χ4n) is 10.8. The Bertz CT molecular complexity index is 3100. The third-order valence-electron chi connectivity index (χ3n) is 14.9. The van der Waals surface area contributed by atoms with E-state index in [9.17, 15) is 19.2 Å². The number of piperazine rings is 2. The second kappa shape index (κ2) is 23.0. The first-order valence-corrected chi connectivity index (χ1v) is 26.0. The molecule has 0 bridgehead atoms. The summed E-state index contributed by atoms with van der Waals surface area (Å²) in [5, 5.41) is 11.4. The van der Waals surface area contributed by atoms with Gasteiger partial charge in [0.1, 0.15) is 11.7 Å². The number of amidine groups is 1. The lowest BCUT2D eigenvalue weighted by atomic mass is 9.82. The highest BCUT2D eigenvalue weighted by Gasteiger charge is 2.40. The van der Waals surface area contributed by atoms with Crippen LogP contribution in [-0.4, -0.2) is 147 Å². The summed E-state index contributed by atoms with van der Waals surface area (Å²) < 4.78 is 15.2. The zero-order valence-corrected chi connectivity index (χ0v) is 43.1. The first kappa shape index (κ1) is 51.7. The SMILES string of the molecule is CCc1cccc(-c2cnc(C(=O)N3CCC(CN4CCN(CC(=O)N5CCN(C(=O)c6cc(Cc7n[nH]c(=O)c8ccccc78)ccc6F)CC5)CC4)CC3(C)C)c(N=C(N)CNCc3cccc(C)c3)c2)c1. The van der Waals surface area contributed by atoms with Crippen LogP contribution >= 0.6 is 0 Å². The smallest absolute Gasteiger partial charge is 0.275 e. The lowest BCUT2D eigenvalue weighted by Gasteiger charge is -2.47. The van der Waals surface area contributed by atoms with Crippen molar-refractivity contribution in [3.63, 3.8) is 0 Å². The van der Waals surface area contributed by atoms with Crippen molar-refractivity contribution in [3.05, 3.63) is 159 Å². The van der Waals surface area contributed by atoms with Crippen molar-refractivity contribution < 1.29 is 18.8 Å². The number of carbonyl (C=O) groups excluding carboxylic acids is 3. The van der Waals surface area contributed by atoms with Gasteiger partial charge in [-0.25, -0.2) is 19.5 Å². The van der Waals surface area contributed by atoms with Crippen LogP contribution in [0.1, 0.15) is 82.4 Å². The molecule has 16 heteroatoms. The molecule has 0 aliphatic carbocycles. The summed E-state index contributed by atoms with van der Waals surface area (Å²) in [7, 11) is 0. The van der Waals surface area contributed by atoms with Gasteiger partial charge in [0.2, 0.25) is 5.91 Å². The lowest BCUT2D eigenvalue weighted by molar-refractivity contribution is -0.134. The number of hydrogen-bond acceptors (Lipinski definition) is 10. The summed E-state index contributed by atoms with van der Waals surface area (Å²) in [6, 6.07) is 30.3.